The molecule has 3 N–H and O–H groups in total. The Kier molecular flexibility index (Phi) is 5.50. The van der Waals surface area contributed by atoms with E-state index in [0.717, 1.165) is 39.1 Å². The average molecular weight is 399 g/mol. The molecule has 1 unspecified atom stereocenters. The highest BCUT2D eigenvalue weighted by atomic mass is 35.5. The van der Waals surface area contributed by atoms with Crippen LogP contribution < -0.4 is 5.73 Å². The number of nitrogens with two attached hydrogens (primary N) is 1. The number of hydrogen-bond donors (Lipinski definition) is 2. The van der Waals surface area contributed by atoms with Gasteiger partial charge in [-0.1, -0.05) is 53.6 Å². The minimum atomic E-state index is -0.0535. The van der Waals surface area contributed by atoms with Crippen LogP contribution in [-0.2, 0) is 0 Å². The minimum absolute atomic E-state index is 0.0535. The Morgan fingerprint density at radius 2 is 1.41 bits per heavy atom. The van der Waals surface area contributed by atoms with Crippen LogP contribution >= 0.6 is 23.2 Å². The summed E-state index contributed by atoms with van der Waals surface area (Å²) in [6.07, 6.45) is 4.28. The lowest BCUT2D eigenvalue weighted by molar-refractivity contribution is 0.676. The number of halogens is 2. The normalized spacial score (nSPS) is 18.1. The van der Waals surface area contributed by atoms with Crippen molar-refractivity contribution >= 4 is 34.6 Å². The maximum Gasteiger partial charge on any atom is 0.0592 e. The first-order chi connectivity index (χ1) is 12.7. The summed E-state index contributed by atoms with van der Waals surface area (Å²) in [5.41, 5.74) is 13.6. The summed E-state index contributed by atoms with van der Waals surface area (Å²) in [7, 11) is 0. The molecule has 1 aliphatic carbocycles. The first-order valence-corrected chi connectivity index (χ1v) is 9.73. The molecule has 0 radical (unpaired) electrons. The lowest BCUT2D eigenvalue weighted by Gasteiger charge is -2.30. The summed E-state index contributed by atoms with van der Waals surface area (Å²) in [6, 6.07) is 9.87. The van der Waals surface area contributed by atoms with Crippen LogP contribution in [0.5, 0.6) is 0 Å². The van der Waals surface area contributed by atoms with Crippen LogP contribution in [-0.4, -0.2) is 5.71 Å². The van der Waals surface area contributed by atoms with Crippen LogP contribution in [0.25, 0.3) is 0 Å². The molecule has 2 aromatic rings. The van der Waals surface area contributed by atoms with E-state index in [1.165, 1.54) is 0 Å². The molecule has 1 atom stereocenters. The van der Waals surface area contributed by atoms with Crippen LogP contribution in [0.15, 0.2) is 53.6 Å². The molecule has 0 heterocycles. The van der Waals surface area contributed by atoms with Gasteiger partial charge < -0.3 is 11.1 Å². The second-order valence-electron chi connectivity index (χ2n) is 7.33. The number of allylic oxidation sites excluding steroid dienone is 4. The fourth-order valence-corrected chi connectivity index (χ4v) is 4.51. The van der Waals surface area contributed by atoms with E-state index in [9.17, 15) is 0 Å². The van der Waals surface area contributed by atoms with Crippen molar-refractivity contribution in [2.75, 3.05) is 5.73 Å². The molecule has 0 bridgehead atoms. The molecule has 2 aromatic carbocycles. The van der Waals surface area contributed by atoms with Crippen LogP contribution in [0.4, 0.5) is 5.69 Å². The predicted octanol–water partition coefficient (Wildman–Crippen LogP) is 6.87. The minimum Gasteiger partial charge on any atom is -0.398 e. The summed E-state index contributed by atoms with van der Waals surface area (Å²) >= 11 is 13.2. The summed E-state index contributed by atoms with van der Waals surface area (Å²) in [5, 5.41) is 9.52. The summed E-state index contributed by atoms with van der Waals surface area (Å²) in [4.78, 5) is 0. The van der Waals surface area contributed by atoms with E-state index in [-0.39, 0.29) is 11.8 Å². The highest BCUT2D eigenvalue weighted by molar-refractivity contribution is 6.36. The molecule has 0 spiro atoms. The third kappa shape index (κ3) is 3.69. The Hall–Kier alpha value is -2.03. The van der Waals surface area contributed by atoms with E-state index in [0.29, 0.717) is 15.8 Å². The zero-order valence-electron chi connectivity index (χ0n) is 16.0. The second kappa shape index (κ2) is 7.53. The number of nitrogens with one attached hydrogen (secondary N) is 1. The highest BCUT2D eigenvalue weighted by Gasteiger charge is 2.29. The molecule has 0 saturated heterocycles. The van der Waals surface area contributed by atoms with Crippen LogP contribution in [0.3, 0.4) is 0 Å². The van der Waals surface area contributed by atoms with Gasteiger partial charge >= 0.3 is 0 Å². The van der Waals surface area contributed by atoms with Gasteiger partial charge in [0, 0.05) is 27.6 Å². The molecule has 0 saturated carbocycles. The van der Waals surface area contributed by atoms with E-state index in [1.54, 1.807) is 0 Å². The zero-order chi connectivity index (χ0) is 19.9. The molecular weight excluding hydrogens is 375 g/mol. The maximum absolute atomic E-state index is 8.22. The van der Waals surface area contributed by atoms with Gasteiger partial charge in [0.2, 0.25) is 0 Å². The Balaban J connectivity index is 2.27. The largest absolute Gasteiger partial charge is 0.398 e. The van der Waals surface area contributed by atoms with Crippen molar-refractivity contribution in [2.45, 2.75) is 33.6 Å². The molecule has 1 aliphatic rings. The van der Waals surface area contributed by atoms with Crippen molar-refractivity contribution in [3.63, 3.8) is 0 Å². The molecule has 27 heavy (non-hydrogen) atoms. The van der Waals surface area contributed by atoms with E-state index >= 15 is 0 Å². The smallest absolute Gasteiger partial charge is 0.0592 e. The molecule has 3 rings (SSSR count). The van der Waals surface area contributed by atoms with Crippen molar-refractivity contribution < 1.29 is 0 Å². The van der Waals surface area contributed by atoms with E-state index in [4.69, 9.17) is 34.3 Å². The quantitative estimate of drug-likeness (QED) is 0.544. The van der Waals surface area contributed by atoms with E-state index in [2.05, 4.69) is 24.3 Å². The number of rotatable bonds is 3. The average Bonchev–Trinajstić information content (AvgIpc) is 2.60. The van der Waals surface area contributed by atoms with Gasteiger partial charge in [-0.2, -0.15) is 0 Å². The monoisotopic (exact) mass is 398 g/mol. The number of aryl methyl sites for hydroxylation is 2. The van der Waals surface area contributed by atoms with Crippen molar-refractivity contribution in [3.05, 3.63) is 85.9 Å². The molecule has 4 heteroatoms. The Bertz CT molecular complexity index is 921. The van der Waals surface area contributed by atoms with Crippen molar-refractivity contribution in [3.8, 4) is 0 Å². The van der Waals surface area contributed by atoms with Gasteiger partial charge in [-0.25, -0.2) is 0 Å². The molecule has 2 nitrogen and oxygen atoms in total. The molecular formula is C23H24Cl2N2. The van der Waals surface area contributed by atoms with Gasteiger partial charge in [-0.3, -0.25) is 0 Å². The van der Waals surface area contributed by atoms with Crippen LogP contribution in [0.1, 0.15) is 42.0 Å². The lowest BCUT2D eigenvalue weighted by Crippen LogP contribution is -2.19. The summed E-state index contributed by atoms with van der Waals surface area (Å²) in [5.74, 6) is 0.00104. The molecule has 140 valence electrons. The van der Waals surface area contributed by atoms with Gasteiger partial charge in [-0.15, -0.1) is 0 Å². The van der Waals surface area contributed by atoms with E-state index < -0.39 is 0 Å². The number of benzene rings is 2. The first kappa shape index (κ1) is 19.7. The molecule has 0 amide bonds. The third-order valence-corrected chi connectivity index (χ3v) is 6.00. The van der Waals surface area contributed by atoms with Crippen LogP contribution in [0, 0.1) is 25.2 Å². The molecule has 0 aromatic heterocycles. The first-order valence-electron chi connectivity index (χ1n) is 8.97. The Morgan fingerprint density at radius 3 is 1.89 bits per heavy atom. The van der Waals surface area contributed by atoms with Gasteiger partial charge in [-0.05, 0) is 73.2 Å². The number of hydrogen-bond acceptors (Lipinski definition) is 2. The zero-order valence-corrected chi connectivity index (χ0v) is 17.5. The number of anilines is 1. The van der Waals surface area contributed by atoms with Gasteiger partial charge in [0.05, 0.1) is 5.71 Å². The van der Waals surface area contributed by atoms with Gasteiger partial charge in [0.1, 0.15) is 0 Å². The summed E-state index contributed by atoms with van der Waals surface area (Å²) in [6.45, 7) is 8.01. The van der Waals surface area contributed by atoms with Gasteiger partial charge in [0.25, 0.3) is 0 Å². The standard InChI is InChI=1S/C23H24Cl2N2/c1-12-8-16(9-13(2)22(12)26)20(21-18(24)6-5-7-19(21)25)17-10-14(3)23(27)15(4)11-17/h5-11,16,20,26H,27H2,1-4H3. The van der Waals surface area contributed by atoms with Crippen molar-refractivity contribution in [1.82, 2.24) is 0 Å². The second-order valence-corrected chi connectivity index (χ2v) is 8.15. The van der Waals surface area contributed by atoms with Crippen LogP contribution in [0.2, 0.25) is 10.0 Å². The number of nitrogen functional groups attached to an aromatic ring is 1. The molecule has 0 aliphatic heterocycles. The summed E-state index contributed by atoms with van der Waals surface area (Å²) < 4.78 is 0. The van der Waals surface area contributed by atoms with E-state index in [1.807, 2.05) is 45.9 Å². The third-order valence-electron chi connectivity index (χ3n) is 5.34. The molecule has 0 fully saturated rings. The predicted molar refractivity (Wildman–Crippen MR) is 117 cm³/mol. The SMILES string of the molecule is CC1=CC(C(c2cc(C)c(N)c(C)c2)c2c(Cl)cccc2Cl)C=C(C)C1=N. The lowest BCUT2D eigenvalue weighted by atomic mass is 9.75. The fourth-order valence-electron chi connectivity index (χ4n) is 3.87. The highest BCUT2D eigenvalue weighted by Crippen LogP contribution is 2.44. The van der Waals surface area contributed by atoms with Gasteiger partial charge in [0.15, 0.2) is 0 Å². The fraction of sp³-hybridized carbons (Fsp3) is 0.261. The Labute approximate surface area is 171 Å². The van der Waals surface area contributed by atoms with Crippen molar-refractivity contribution in [1.29, 1.82) is 5.41 Å². The Morgan fingerprint density at radius 1 is 0.926 bits per heavy atom. The topological polar surface area (TPSA) is 49.9 Å². The maximum atomic E-state index is 8.22. The van der Waals surface area contributed by atoms with Crippen molar-refractivity contribution in [2.24, 2.45) is 5.92 Å².